The van der Waals surface area contributed by atoms with E-state index < -0.39 is 21.0 Å². The molecule has 92 valence electrons. The van der Waals surface area contributed by atoms with Crippen molar-refractivity contribution in [2.45, 2.75) is 24.0 Å². The highest BCUT2D eigenvalue weighted by atomic mass is 32.2. The number of hydrogen-bond acceptors (Lipinski definition) is 4. The van der Waals surface area contributed by atoms with Crippen molar-refractivity contribution in [2.24, 2.45) is 5.73 Å². The molecule has 0 saturated carbocycles. The summed E-state index contributed by atoms with van der Waals surface area (Å²) in [6, 6.07) is 3.44. The Labute approximate surface area is 99.9 Å². The molecule has 1 aliphatic rings. The van der Waals surface area contributed by atoms with Crippen LogP contribution in [0, 0.1) is 13.8 Å². The van der Waals surface area contributed by atoms with Gasteiger partial charge in [-0.2, -0.15) is 0 Å². The minimum atomic E-state index is -3.67. The third-order valence-electron chi connectivity index (χ3n) is 2.84. The van der Waals surface area contributed by atoms with Gasteiger partial charge in [0.15, 0.2) is 15.1 Å². The van der Waals surface area contributed by atoms with Gasteiger partial charge in [0, 0.05) is 6.54 Å². The molecule has 1 aliphatic heterocycles. The summed E-state index contributed by atoms with van der Waals surface area (Å²) in [4.78, 5) is 11.8. The van der Waals surface area contributed by atoms with E-state index in [1.54, 1.807) is 19.1 Å². The molecule has 1 aromatic rings. The van der Waals surface area contributed by atoms with Crippen molar-refractivity contribution in [2.75, 3.05) is 11.9 Å². The average Bonchev–Trinajstić information content (AvgIpc) is 2.14. The van der Waals surface area contributed by atoms with E-state index in [4.69, 9.17) is 5.73 Å². The largest absolute Gasteiger partial charge is 0.329 e. The summed E-state index contributed by atoms with van der Waals surface area (Å²) in [7, 11) is -3.67. The molecular formula is C11H14N2O3S. The van der Waals surface area contributed by atoms with Crippen LogP contribution in [0.15, 0.2) is 17.0 Å². The van der Waals surface area contributed by atoms with E-state index in [0.29, 0.717) is 11.3 Å². The predicted molar refractivity (Wildman–Crippen MR) is 64.6 cm³/mol. The van der Waals surface area contributed by atoms with Gasteiger partial charge < -0.3 is 11.1 Å². The van der Waals surface area contributed by atoms with Crippen LogP contribution in [-0.4, -0.2) is 26.1 Å². The summed E-state index contributed by atoms with van der Waals surface area (Å²) in [5, 5.41) is 1.42. The molecule has 0 aliphatic carbocycles. The van der Waals surface area contributed by atoms with Crippen LogP contribution >= 0.6 is 0 Å². The van der Waals surface area contributed by atoms with E-state index in [-0.39, 0.29) is 11.4 Å². The fourth-order valence-corrected chi connectivity index (χ4v) is 3.96. The van der Waals surface area contributed by atoms with E-state index in [2.05, 4.69) is 5.32 Å². The van der Waals surface area contributed by atoms with Gasteiger partial charge in [0.05, 0.1) is 10.6 Å². The van der Waals surface area contributed by atoms with Gasteiger partial charge in [-0.15, -0.1) is 0 Å². The number of nitrogens with two attached hydrogens (primary N) is 1. The van der Waals surface area contributed by atoms with Crippen molar-refractivity contribution in [1.29, 1.82) is 0 Å². The van der Waals surface area contributed by atoms with Crippen molar-refractivity contribution >= 4 is 21.4 Å². The van der Waals surface area contributed by atoms with Gasteiger partial charge in [-0.3, -0.25) is 4.79 Å². The number of aryl methyl sites for hydroxylation is 2. The van der Waals surface area contributed by atoms with Crippen molar-refractivity contribution < 1.29 is 13.2 Å². The quantitative estimate of drug-likeness (QED) is 0.757. The highest BCUT2D eigenvalue weighted by molar-refractivity contribution is 7.93. The lowest BCUT2D eigenvalue weighted by molar-refractivity contribution is -0.115. The third kappa shape index (κ3) is 1.73. The Morgan fingerprint density at radius 3 is 2.59 bits per heavy atom. The summed E-state index contributed by atoms with van der Waals surface area (Å²) in [6.45, 7) is 3.36. The van der Waals surface area contributed by atoms with E-state index in [1.807, 2.05) is 6.92 Å². The van der Waals surface area contributed by atoms with Gasteiger partial charge in [0.2, 0.25) is 5.91 Å². The Balaban J connectivity index is 2.76. The summed E-state index contributed by atoms with van der Waals surface area (Å²) in [5.41, 5.74) is 7.27. The maximum atomic E-state index is 12.2. The topological polar surface area (TPSA) is 89.3 Å². The highest BCUT2D eigenvalue weighted by Gasteiger charge is 2.40. The average molecular weight is 254 g/mol. The number of rotatable bonds is 1. The number of carbonyl (C=O) groups excluding carboxylic acids is 1. The lowest BCUT2D eigenvalue weighted by atomic mass is 10.1. The fourth-order valence-electron chi connectivity index (χ4n) is 2.15. The molecule has 1 amide bonds. The van der Waals surface area contributed by atoms with Crippen molar-refractivity contribution in [1.82, 2.24) is 0 Å². The second kappa shape index (κ2) is 3.82. The first-order valence-corrected chi connectivity index (χ1v) is 6.78. The second-order valence-corrected chi connectivity index (χ2v) is 6.28. The Kier molecular flexibility index (Phi) is 2.71. The first-order chi connectivity index (χ1) is 7.87. The zero-order chi connectivity index (χ0) is 12.8. The molecule has 0 aromatic heterocycles. The molecule has 6 heteroatoms. The lowest BCUT2D eigenvalue weighted by Crippen LogP contribution is -2.44. The number of carbonyl (C=O) groups is 1. The van der Waals surface area contributed by atoms with Crippen LogP contribution in [0.2, 0.25) is 0 Å². The summed E-state index contributed by atoms with van der Waals surface area (Å²) < 4.78 is 24.5. The second-order valence-electron chi connectivity index (χ2n) is 4.22. The zero-order valence-electron chi connectivity index (χ0n) is 9.65. The Hall–Kier alpha value is -1.40. The van der Waals surface area contributed by atoms with Crippen molar-refractivity contribution in [3.05, 3.63) is 23.3 Å². The Bertz CT molecular complexity index is 593. The molecule has 1 unspecified atom stereocenters. The molecule has 2 rings (SSSR count). The molecule has 3 N–H and O–H groups in total. The van der Waals surface area contributed by atoms with Crippen LogP contribution in [0.5, 0.6) is 0 Å². The number of benzene rings is 1. The molecule has 0 saturated heterocycles. The van der Waals surface area contributed by atoms with Crippen LogP contribution in [0.25, 0.3) is 0 Å². The fraction of sp³-hybridized carbons (Fsp3) is 0.364. The minimum absolute atomic E-state index is 0.193. The number of hydrogen-bond donors (Lipinski definition) is 2. The van der Waals surface area contributed by atoms with E-state index in [0.717, 1.165) is 5.56 Å². The maximum Gasteiger partial charge on any atom is 0.244 e. The highest BCUT2D eigenvalue weighted by Crippen LogP contribution is 2.33. The molecule has 1 atom stereocenters. The lowest BCUT2D eigenvalue weighted by Gasteiger charge is -2.25. The van der Waals surface area contributed by atoms with Crippen LogP contribution in [0.3, 0.4) is 0 Å². The maximum absolute atomic E-state index is 12.2. The molecular weight excluding hydrogens is 240 g/mol. The Morgan fingerprint density at radius 1 is 1.35 bits per heavy atom. The van der Waals surface area contributed by atoms with Gasteiger partial charge in [-0.05, 0) is 31.0 Å². The van der Waals surface area contributed by atoms with E-state index >= 15 is 0 Å². The summed E-state index contributed by atoms with van der Waals surface area (Å²) in [5.74, 6) is -0.551. The molecule has 5 nitrogen and oxygen atoms in total. The van der Waals surface area contributed by atoms with Gasteiger partial charge in [0.25, 0.3) is 0 Å². The van der Waals surface area contributed by atoms with Crippen LogP contribution < -0.4 is 11.1 Å². The molecule has 0 spiro atoms. The first kappa shape index (κ1) is 12.1. The molecule has 17 heavy (non-hydrogen) atoms. The molecule has 1 heterocycles. The normalized spacial score (nSPS) is 21.8. The number of fused-ring (bicyclic) bond motifs is 1. The van der Waals surface area contributed by atoms with Crippen LogP contribution in [0.1, 0.15) is 11.1 Å². The molecule has 0 fully saturated rings. The first-order valence-electron chi connectivity index (χ1n) is 5.24. The SMILES string of the molecule is Cc1cc(C)c2c(c1)NC(=O)C(CN)S2(=O)=O. The van der Waals surface area contributed by atoms with E-state index in [1.165, 1.54) is 0 Å². The van der Waals surface area contributed by atoms with Gasteiger partial charge in [-0.25, -0.2) is 8.42 Å². The van der Waals surface area contributed by atoms with Crippen LogP contribution in [0.4, 0.5) is 5.69 Å². The van der Waals surface area contributed by atoms with E-state index in [9.17, 15) is 13.2 Å². The van der Waals surface area contributed by atoms with Gasteiger partial charge in [0.1, 0.15) is 0 Å². The summed E-state index contributed by atoms with van der Waals surface area (Å²) >= 11 is 0. The standard InChI is InChI=1S/C11H14N2O3S/c1-6-3-7(2)10-8(4-6)13-11(14)9(5-12)17(10,15)16/h3-4,9H,5,12H2,1-2H3,(H,13,14). The smallest absolute Gasteiger partial charge is 0.244 e. The zero-order valence-corrected chi connectivity index (χ0v) is 10.5. The monoisotopic (exact) mass is 254 g/mol. The summed E-state index contributed by atoms with van der Waals surface area (Å²) in [6.07, 6.45) is 0. The number of amides is 1. The molecule has 1 aromatic carbocycles. The third-order valence-corrected chi connectivity index (χ3v) is 5.11. The van der Waals surface area contributed by atoms with Crippen molar-refractivity contribution in [3.63, 3.8) is 0 Å². The molecule has 0 bridgehead atoms. The number of nitrogens with one attached hydrogen (secondary N) is 1. The predicted octanol–water partition coefficient (Wildman–Crippen LogP) is 0.357. The Morgan fingerprint density at radius 2 is 2.00 bits per heavy atom. The number of sulfone groups is 1. The van der Waals surface area contributed by atoms with Gasteiger partial charge in [-0.1, -0.05) is 6.07 Å². The van der Waals surface area contributed by atoms with Crippen molar-refractivity contribution in [3.8, 4) is 0 Å². The number of anilines is 1. The van der Waals surface area contributed by atoms with Crippen LogP contribution in [-0.2, 0) is 14.6 Å². The van der Waals surface area contributed by atoms with Gasteiger partial charge >= 0.3 is 0 Å². The molecule has 0 radical (unpaired) electrons. The minimum Gasteiger partial charge on any atom is -0.329 e.